The van der Waals surface area contributed by atoms with Crippen LogP contribution in [0, 0.1) is 0 Å². The average molecular weight is 514 g/mol. The van der Waals surface area contributed by atoms with Crippen molar-refractivity contribution in [2.24, 2.45) is 0 Å². The summed E-state index contributed by atoms with van der Waals surface area (Å²) in [6.45, 7) is 3.13. The van der Waals surface area contributed by atoms with Crippen molar-refractivity contribution in [3.05, 3.63) is 64.7 Å². The number of nitrogens with zero attached hydrogens (tertiary/aromatic N) is 3. The molecule has 2 aliphatic rings. The molecule has 0 aliphatic carbocycles. The van der Waals surface area contributed by atoms with E-state index in [0.29, 0.717) is 23.7 Å². The maximum absolute atomic E-state index is 13.0. The number of ether oxygens (including phenoxy) is 2. The second-order valence-electron chi connectivity index (χ2n) is 9.74. The number of rotatable bonds is 7. The molecule has 7 nitrogen and oxygen atoms in total. The second kappa shape index (κ2) is 12.1. The highest BCUT2D eigenvalue weighted by Crippen LogP contribution is 2.29. The SMILES string of the molecule is COC(C(=O)N1CCC(OC2CCN(c3ccc(C(=O)N(C)C)c(Cl)c3)CC2)CC1)c1ccccc1. The van der Waals surface area contributed by atoms with Crippen molar-refractivity contribution in [3.8, 4) is 0 Å². The lowest BCUT2D eigenvalue weighted by atomic mass is 10.0. The van der Waals surface area contributed by atoms with E-state index in [1.54, 1.807) is 21.2 Å². The molecule has 1 unspecified atom stereocenters. The van der Waals surface area contributed by atoms with Crippen molar-refractivity contribution < 1.29 is 19.1 Å². The van der Waals surface area contributed by atoms with Gasteiger partial charge in [-0.3, -0.25) is 9.59 Å². The monoisotopic (exact) mass is 513 g/mol. The molecule has 8 heteroatoms. The minimum absolute atomic E-state index is 0.0208. The van der Waals surface area contributed by atoms with Crippen LogP contribution in [-0.2, 0) is 14.3 Å². The van der Waals surface area contributed by atoms with Gasteiger partial charge >= 0.3 is 0 Å². The van der Waals surface area contributed by atoms with Gasteiger partial charge in [0.2, 0.25) is 0 Å². The average Bonchev–Trinajstić information content (AvgIpc) is 2.90. The summed E-state index contributed by atoms with van der Waals surface area (Å²) in [6, 6.07) is 15.3. The van der Waals surface area contributed by atoms with E-state index in [2.05, 4.69) is 4.90 Å². The highest BCUT2D eigenvalue weighted by atomic mass is 35.5. The van der Waals surface area contributed by atoms with E-state index in [-0.39, 0.29) is 24.0 Å². The van der Waals surface area contributed by atoms with E-state index < -0.39 is 6.10 Å². The minimum atomic E-state index is -0.559. The fourth-order valence-electron chi connectivity index (χ4n) is 5.02. The molecule has 2 amide bonds. The molecule has 0 radical (unpaired) electrons. The normalized spacial score (nSPS) is 18.2. The largest absolute Gasteiger partial charge is 0.375 e. The molecule has 36 heavy (non-hydrogen) atoms. The molecular formula is C28H36ClN3O4. The van der Waals surface area contributed by atoms with Gasteiger partial charge in [0, 0.05) is 53.1 Å². The highest BCUT2D eigenvalue weighted by Gasteiger charge is 2.31. The van der Waals surface area contributed by atoms with E-state index in [1.165, 1.54) is 4.90 Å². The maximum Gasteiger partial charge on any atom is 0.256 e. The summed E-state index contributed by atoms with van der Waals surface area (Å²) >= 11 is 6.41. The molecule has 0 saturated carbocycles. The zero-order valence-electron chi connectivity index (χ0n) is 21.4. The van der Waals surface area contributed by atoms with Gasteiger partial charge in [0.05, 0.1) is 22.8 Å². The van der Waals surface area contributed by atoms with Crippen molar-refractivity contribution in [3.63, 3.8) is 0 Å². The Kier molecular flexibility index (Phi) is 8.88. The van der Waals surface area contributed by atoms with Gasteiger partial charge in [-0.25, -0.2) is 0 Å². The van der Waals surface area contributed by atoms with Crippen molar-refractivity contribution in [2.45, 2.75) is 44.0 Å². The predicted molar refractivity (Wildman–Crippen MR) is 142 cm³/mol. The summed E-state index contributed by atoms with van der Waals surface area (Å²) in [4.78, 5) is 31.0. The zero-order valence-corrected chi connectivity index (χ0v) is 22.1. The molecule has 2 saturated heterocycles. The smallest absolute Gasteiger partial charge is 0.256 e. The summed E-state index contributed by atoms with van der Waals surface area (Å²) < 4.78 is 12.0. The van der Waals surface area contributed by atoms with Crippen molar-refractivity contribution in [1.82, 2.24) is 9.80 Å². The Hall–Kier alpha value is -2.61. The number of piperidine rings is 2. The molecule has 2 fully saturated rings. The number of methoxy groups -OCH3 is 1. The number of hydrogen-bond donors (Lipinski definition) is 0. The van der Waals surface area contributed by atoms with Gasteiger partial charge in [0.15, 0.2) is 6.10 Å². The van der Waals surface area contributed by atoms with Crippen LogP contribution in [0.4, 0.5) is 5.69 Å². The number of amides is 2. The third-order valence-corrected chi connectivity index (χ3v) is 7.41. The number of carbonyl (C=O) groups is 2. The Labute approximate surface area is 218 Å². The number of benzene rings is 2. The van der Waals surface area contributed by atoms with Gasteiger partial charge in [-0.05, 0) is 49.4 Å². The van der Waals surface area contributed by atoms with Crippen LogP contribution in [0.2, 0.25) is 5.02 Å². The summed E-state index contributed by atoms with van der Waals surface area (Å²) in [6.07, 6.45) is 3.40. The second-order valence-corrected chi connectivity index (χ2v) is 10.1. The third kappa shape index (κ3) is 6.20. The Morgan fingerprint density at radius 2 is 1.56 bits per heavy atom. The molecule has 2 aromatic carbocycles. The van der Waals surface area contributed by atoms with Crippen molar-refractivity contribution >= 4 is 29.1 Å². The molecule has 0 spiro atoms. The molecule has 4 rings (SSSR count). The van der Waals surface area contributed by atoms with E-state index in [0.717, 1.165) is 50.0 Å². The molecule has 2 aliphatic heterocycles. The van der Waals surface area contributed by atoms with Crippen LogP contribution in [0.25, 0.3) is 0 Å². The Bertz CT molecular complexity index is 1030. The van der Waals surface area contributed by atoms with Crippen LogP contribution < -0.4 is 4.90 Å². The van der Waals surface area contributed by atoms with E-state index >= 15 is 0 Å². The van der Waals surface area contributed by atoms with Gasteiger partial charge in [-0.2, -0.15) is 0 Å². The van der Waals surface area contributed by atoms with Gasteiger partial charge in [-0.15, -0.1) is 0 Å². The van der Waals surface area contributed by atoms with Crippen molar-refractivity contribution in [1.29, 1.82) is 0 Å². The number of anilines is 1. The van der Waals surface area contributed by atoms with Crippen LogP contribution >= 0.6 is 11.6 Å². The topological polar surface area (TPSA) is 62.3 Å². The zero-order chi connectivity index (χ0) is 25.7. The quantitative estimate of drug-likeness (QED) is 0.549. The highest BCUT2D eigenvalue weighted by molar-refractivity contribution is 6.34. The number of likely N-dealkylation sites (tertiary alicyclic amines) is 1. The van der Waals surface area contributed by atoms with E-state index in [4.69, 9.17) is 21.1 Å². The lowest BCUT2D eigenvalue weighted by molar-refractivity contribution is -0.146. The lowest BCUT2D eigenvalue weighted by Gasteiger charge is -2.38. The summed E-state index contributed by atoms with van der Waals surface area (Å²) in [5.41, 5.74) is 2.44. The molecule has 2 heterocycles. The Morgan fingerprint density at radius 1 is 0.944 bits per heavy atom. The Morgan fingerprint density at radius 3 is 2.11 bits per heavy atom. The van der Waals surface area contributed by atoms with Crippen molar-refractivity contribution in [2.75, 3.05) is 52.3 Å². The summed E-state index contributed by atoms with van der Waals surface area (Å²) in [5, 5.41) is 0.480. The van der Waals surface area contributed by atoms with Gasteiger partial charge in [0.1, 0.15) is 0 Å². The first-order valence-corrected chi connectivity index (χ1v) is 13.0. The summed E-state index contributed by atoms with van der Waals surface area (Å²) in [7, 11) is 5.03. The molecule has 0 N–H and O–H groups in total. The third-order valence-electron chi connectivity index (χ3n) is 7.10. The minimum Gasteiger partial charge on any atom is -0.375 e. The maximum atomic E-state index is 13.0. The van der Waals surface area contributed by atoms with Gasteiger partial charge in [-0.1, -0.05) is 41.9 Å². The van der Waals surface area contributed by atoms with Crippen LogP contribution in [-0.4, -0.2) is 81.2 Å². The first-order valence-electron chi connectivity index (χ1n) is 12.7. The first-order chi connectivity index (χ1) is 17.4. The number of carbonyl (C=O) groups excluding carboxylic acids is 2. The number of hydrogen-bond acceptors (Lipinski definition) is 5. The molecule has 2 aromatic rings. The summed E-state index contributed by atoms with van der Waals surface area (Å²) in [5.74, 6) is -0.0726. The predicted octanol–water partition coefficient (Wildman–Crippen LogP) is 4.41. The van der Waals surface area contributed by atoms with E-state index in [1.807, 2.05) is 53.4 Å². The fourth-order valence-corrected chi connectivity index (χ4v) is 5.28. The standard InChI is InChI=1S/C28H36ClN3O4/c1-30(2)27(33)24-10-9-21(19-25(24)29)31-15-11-22(12-16-31)36-23-13-17-32(18-14-23)28(34)26(35-3)20-7-5-4-6-8-20/h4-10,19,22-23,26H,11-18H2,1-3H3. The van der Waals surface area contributed by atoms with Crippen LogP contribution in [0.3, 0.4) is 0 Å². The molecule has 194 valence electrons. The lowest BCUT2D eigenvalue weighted by Crippen LogP contribution is -2.45. The van der Waals surface area contributed by atoms with Gasteiger partial charge < -0.3 is 24.2 Å². The van der Waals surface area contributed by atoms with Crippen LogP contribution in [0.15, 0.2) is 48.5 Å². The molecule has 1 atom stereocenters. The Balaban J connectivity index is 1.24. The first kappa shape index (κ1) is 26.5. The van der Waals surface area contributed by atoms with Crippen LogP contribution in [0.1, 0.15) is 47.7 Å². The number of halogens is 1. The van der Waals surface area contributed by atoms with Crippen LogP contribution in [0.5, 0.6) is 0 Å². The van der Waals surface area contributed by atoms with E-state index in [9.17, 15) is 9.59 Å². The molecular weight excluding hydrogens is 478 g/mol. The molecule has 0 bridgehead atoms. The molecule has 0 aromatic heterocycles. The fraction of sp³-hybridized carbons (Fsp3) is 0.500. The van der Waals surface area contributed by atoms with Gasteiger partial charge in [0.25, 0.3) is 11.8 Å².